The maximum absolute atomic E-state index is 11.6. The van der Waals surface area contributed by atoms with Gasteiger partial charge in [0.1, 0.15) is 24.3 Å². The van der Waals surface area contributed by atoms with E-state index in [4.69, 9.17) is 10.5 Å². The number of benzene rings is 1. The van der Waals surface area contributed by atoms with Gasteiger partial charge in [-0.1, -0.05) is 0 Å². The fourth-order valence-corrected chi connectivity index (χ4v) is 2.95. The normalized spacial score (nSPS) is 18.9. The van der Waals surface area contributed by atoms with Crippen LogP contribution in [0.4, 0.5) is 23.1 Å². The monoisotopic (exact) mass is 370 g/mol. The largest absolute Gasteiger partial charge is 0.489 e. The van der Waals surface area contributed by atoms with Gasteiger partial charge in [-0.05, 0) is 37.5 Å². The van der Waals surface area contributed by atoms with Crippen LogP contribution in [0.1, 0.15) is 29.6 Å². The highest BCUT2D eigenvalue weighted by Crippen LogP contribution is 2.31. The molecule has 1 aromatic carbocycles. The van der Waals surface area contributed by atoms with Crippen molar-refractivity contribution < 1.29 is 14.6 Å². The number of anilines is 4. The summed E-state index contributed by atoms with van der Waals surface area (Å²) in [5.41, 5.74) is 7.24. The van der Waals surface area contributed by atoms with Gasteiger partial charge < -0.3 is 31.5 Å². The number of carbonyl (C=O) groups excluding carboxylic acids is 1. The third kappa shape index (κ3) is 3.87. The maximum Gasteiger partial charge on any atom is 0.254 e. The first-order valence-electron chi connectivity index (χ1n) is 8.97. The van der Waals surface area contributed by atoms with Crippen LogP contribution in [-0.2, 0) is 0 Å². The number of β-amino-alcohol motifs (C(OH)–C–C–N with tert-alkyl or cyclic N) is 1. The summed E-state index contributed by atoms with van der Waals surface area (Å²) in [6.07, 6.45) is 4.14. The summed E-state index contributed by atoms with van der Waals surface area (Å²) in [6.45, 7) is 0.663. The summed E-state index contributed by atoms with van der Waals surface area (Å²) in [7, 11) is 0. The van der Waals surface area contributed by atoms with Gasteiger partial charge in [-0.15, -0.1) is 0 Å². The van der Waals surface area contributed by atoms with Crippen LogP contribution in [0.5, 0.6) is 5.75 Å². The van der Waals surface area contributed by atoms with Crippen LogP contribution in [0, 0.1) is 0 Å². The summed E-state index contributed by atoms with van der Waals surface area (Å²) >= 11 is 0. The van der Waals surface area contributed by atoms with Crippen molar-refractivity contribution in [3.63, 3.8) is 0 Å². The Labute approximate surface area is 156 Å². The second-order valence-electron chi connectivity index (χ2n) is 6.77. The highest BCUT2D eigenvalue weighted by atomic mass is 16.5. The van der Waals surface area contributed by atoms with Gasteiger partial charge in [0.05, 0.1) is 11.3 Å². The fourth-order valence-electron chi connectivity index (χ4n) is 2.95. The van der Waals surface area contributed by atoms with Crippen LogP contribution in [0.3, 0.4) is 0 Å². The second kappa shape index (κ2) is 7.28. The van der Waals surface area contributed by atoms with E-state index in [2.05, 4.69) is 25.9 Å². The molecule has 1 aromatic heterocycles. The molecule has 4 rings (SSSR count). The predicted molar refractivity (Wildman–Crippen MR) is 102 cm³/mol. The number of fused-ring (bicyclic) bond motifs is 1. The third-order valence-electron chi connectivity index (χ3n) is 4.70. The van der Waals surface area contributed by atoms with Gasteiger partial charge in [-0.3, -0.25) is 4.79 Å². The molecule has 0 saturated heterocycles. The van der Waals surface area contributed by atoms with E-state index in [9.17, 15) is 9.90 Å². The van der Waals surface area contributed by atoms with Crippen molar-refractivity contribution in [1.82, 2.24) is 9.97 Å². The van der Waals surface area contributed by atoms with Crippen molar-refractivity contribution in [3.05, 3.63) is 30.0 Å². The van der Waals surface area contributed by atoms with Crippen molar-refractivity contribution >= 4 is 29.0 Å². The van der Waals surface area contributed by atoms with Crippen LogP contribution in [0.25, 0.3) is 0 Å². The molecule has 0 unspecified atom stereocenters. The Balaban J connectivity index is 1.55. The molecule has 2 aliphatic rings. The number of aliphatic hydroxyl groups is 1. The van der Waals surface area contributed by atoms with E-state index in [1.165, 1.54) is 12.6 Å². The molecule has 0 bridgehead atoms. The van der Waals surface area contributed by atoms with E-state index in [-0.39, 0.29) is 12.2 Å². The van der Waals surface area contributed by atoms with Gasteiger partial charge in [-0.25, -0.2) is 4.98 Å². The Hall–Kier alpha value is -3.07. The van der Waals surface area contributed by atoms with Gasteiger partial charge in [-0.2, -0.15) is 4.98 Å². The quantitative estimate of drug-likeness (QED) is 0.534. The van der Waals surface area contributed by atoms with Crippen molar-refractivity contribution in [3.8, 4) is 5.75 Å². The molecule has 9 nitrogen and oxygen atoms in total. The number of rotatable bonds is 5. The number of ether oxygens (including phenoxy) is 1. The van der Waals surface area contributed by atoms with Crippen LogP contribution in [0.2, 0.25) is 0 Å². The molecule has 1 saturated carbocycles. The van der Waals surface area contributed by atoms with Crippen LogP contribution < -0.4 is 26.4 Å². The van der Waals surface area contributed by atoms with Crippen LogP contribution in [0.15, 0.2) is 24.4 Å². The summed E-state index contributed by atoms with van der Waals surface area (Å²) in [6, 6.07) is 5.82. The molecule has 27 heavy (non-hydrogen) atoms. The molecule has 6 N–H and O–H groups in total. The van der Waals surface area contributed by atoms with Crippen molar-refractivity contribution in [2.75, 3.05) is 29.1 Å². The molecule has 1 aliphatic heterocycles. The lowest BCUT2D eigenvalue weighted by Gasteiger charge is -2.27. The van der Waals surface area contributed by atoms with Crippen molar-refractivity contribution in [2.24, 2.45) is 5.73 Å². The van der Waals surface area contributed by atoms with E-state index < -0.39 is 12.0 Å². The number of hydrogen-bond acceptors (Lipinski definition) is 8. The number of hydrogen-bond donors (Lipinski definition) is 5. The van der Waals surface area contributed by atoms with Gasteiger partial charge >= 0.3 is 0 Å². The Bertz CT molecular complexity index is 855. The van der Waals surface area contributed by atoms with E-state index in [0.717, 1.165) is 24.2 Å². The van der Waals surface area contributed by atoms with Crippen molar-refractivity contribution in [1.29, 1.82) is 0 Å². The van der Waals surface area contributed by atoms with Crippen LogP contribution >= 0.6 is 0 Å². The average Bonchev–Trinajstić information content (AvgIpc) is 2.80. The molecule has 0 spiro atoms. The lowest BCUT2D eigenvalue weighted by Crippen LogP contribution is -2.29. The molecular weight excluding hydrogens is 348 g/mol. The van der Waals surface area contributed by atoms with Crippen LogP contribution in [-0.4, -0.2) is 46.3 Å². The SMILES string of the molecule is NC(=O)c1cnc(Nc2ccc3c(c2)NC[C@H](O)CO3)nc1NC1CCC1. The number of aliphatic hydroxyl groups excluding tert-OH is 1. The number of aromatic nitrogens is 2. The first-order valence-corrected chi connectivity index (χ1v) is 8.97. The standard InChI is InChI=1S/C18H22N6O3/c19-16(26)13-8-21-18(24-17(13)22-10-2-1-3-10)23-11-4-5-15-14(6-11)20-7-12(25)9-27-15/h4-6,8,10,12,20,25H,1-3,7,9H2,(H2,19,26)(H2,21,22,23,24)/t12-/m0/s1. The number of primary amides is 1. The maximum atomic E-state index is 11.6. The summed E-state index contributed by atoms with van der Waals surface area (Å²) < 4.78 is 5.56. The molecule has 0 radical (unpaired) electrons. The molecule has 1 atom stereocenters. The van der Waals surface area contributed by atoms with E-state index in [1.54, 1.807) is 0 Å². The Morgan fingerprint density at radius 1 is 1.37 bits per heavy atom. The zero-order valence-corrected chi connectivity index (χ0v) is 14.7. The topological polar surface area (TPSA) is 134 Å². The molecule has 1 amide bonds. The van der Waals surface area contributed by atoms with Gasteiger partial charge in [0, 0.05) is 24.5 Å². The lowest BCUT2D eigenvalue weighted by atomic mass is 9.93. The Morgan fingerprint density at radius 3 is 2.96 bits per heavy atom. The average molecular weight is 370 g/mol. The molecular formula is C18H22N6O3. The number of nitrogens with zero attached hydrogens (tertiary/aromatic N) is 2. The minimum Gasteiger partial charge on any atom is -0.489 e. The van der Waals surface area contributed by atoms with Gasteiger partial charge in [0.2, 0.25) is 5.95 Å². The van der Waals surface area contributed by atoms with E-state index >= 15 is 0 Å². The smallest absolute Gasteiger partial charge is 0.254 e. The molecule has 142 valence electrons. The van der Waals surface area contributed by atoms with Gasteiger partial charge in [0.15, 0.2) is 0 Å². The highest BCUT2D eigenvalue weighted by Gasteiger charge is 2.21. The van der Waals surface area contributed by atoms with E-state index in [1.807, 2.05) is 18.2 Å². The van der Waals surface area contributed by atoms with E-state index in [0.29, 0.717) is 30.1 Å². The predicted octanol–water partition coefficient (Wildman–Crippen LogP) is 1.45. The first kappa shape index (κ1) is 17.3. The first-order chi connectivity index (χ1) is 13.1. The highest BCUT2D eigenvalue weighted by molar-refractivity contribution is 5.97. The summed E-state index contributed by atoms with van der Waals surface area (Å²) in [5.74, 6) is 0.920. The second-order valence-corrected chi connectivity index (χ2v) is 6.77. The molecule has 1 fully saturated rings. The lowest BCUT2D eigenvalue weighted by molar-refractivity contribution is 0.100. The molecule has 2 aromatic rings. The molecule has 1 aliphatic carbocycles. The number of nitrogens with two attached hydrogens (primary N) is 1. The Kier molecular flexibility index (Phi) is 4.68. The number of carbonyl (C=O) groups is 1. The summed E-state index contributed by atoms with van der Waals surface area (Å²) in [4.78, 5) is 20.3. The molecule has 2 heterocycles. The number of amides is 1. The summed E-state index contributed by atoms with van der Waals surface area (Å²) in [5, 5.41) is 19.2. The minimum absolute atomic E-state index is 0.251. The Morgan fingerprint density at radius 2 is 2.22 bits per heavy atom. The third-order valence-corrected chi connectivity index (χ3v) is 4.70. The molecule has 9 heteroatoms. The van der Waals surface area contributed by atoms with Gasteiger partial charge in [0.25, 0.3) is 5.91 Å². The van der Waals surface area contributed by atoms with Crippen molar-refractivity contribution in [2.45, 2.75) is 31.4 Å². The zero-order valence-electron chi connectivity index (χ0n) is 14.7. The zero-order chi connectivity index (χ0) is 18.8. The number of nitrogens with one attached hydrogen (secondary N) is 3. The minimum atomic E-state index is -0.562. The fraction of sp³-hybridized carbons (Fsp3) is 0.389.